The fourth-order valence-electron chi connectivity index (χ4n) is 2.19. The highest BCUT2D eigenvalue weighted by atomic mass is 79.9. The first-order chi connectivity index (χ1) is 10.5. The van der Waals surface area contributed by atoms with E-state index in [2.05, 4.69) is 45.0 Å². The molecule has 116 valence electrons. The normalized spacial score (nSPS) is 10.4. The van der Waals surface area contributed by atoms with Crippen molar-refractivity contribution in [3.63, 3.8) is 0 Å². The summed E-state index contributed by atoms with van der Waals surface area (Å²) in [4.78, 5) is 18.7. The molecule has 1 aromatic carbocycles. The monoisotopic (exact) mass is 361 g/mol. The SMILES string of the molecule is CCN(CC)c1ccnc(C(=O)Nc2ccc(C)c(Br)c2)c1. The van der Waals surface area contributed by atoms with E-state index in [9.17, 15) is 4.79 Å². The van der Waals surface area contributed by atoms with Gasteiger partial charge in [-0.3, -0.25) is 9.78 Å². The molecule has 0 spiro atoms. The lowest BCUT2D eigenvalue weighted by Crippen LogP contribution is -2.23. The number of anilines is 2. The minimum Gasteiger partial charge on any atom is -0.372 e. The number of hydrogen-bond donors (Lipinski definition) is 1. The summed E-state index contributed by atoms with van der Waals surface area (Å²) in [7, 11) is 0. The summed E-state index contributed by atoms with van der Waals surface area (Å²) in [6.45, 7) is 7.98. The molecule has 22 heavy (non-hydrogen) atoms. The molecule has 2 aromatic rings. The predicted molar refractivity (Wildman–Crippen MR) is 94.6 cm³/mol. The summed E-state index contributed by atoms with van der Waals surface area (Å²) in [5.41, 5.74) is 3.30. The summed E-state index contributed by atoms with van der Waals surface area (Å²) >= 11 is 3.47. The summed E-state index contributed by atoms with van der Waals surface area (Å²) in [6.07, 6.45) is 1.67. The Balaban J connectivity index is 2.18. The average Bonchev–Trinajstić information content (AvgIpc) is 2.52. The maximum Gasteiger partial charge on any atom is 0.274 e. The smallest absolute Gasteiger partial charge is 0.274 e. The van der Waals surface area contributed by atoms with Crippen molar-refractivity contribution in [3.05, 3.63) is 52.3 Å². The predicted octanol–water partition coefficient (Wildman–Crippen LogP) is 4.25. The van der Waals surface area contributed by atoms with Gasteiger partial charge in [-0.25, -0.2) is 0 Å². The van der Waals surface area contributed by atoms with Gasteiger partial charge in [0.2, 0.25) is 0 Å². The molecule has 0 unspecified atom stereocenters. The van der Waals surface area contributed by atoms with Crippen molar-refractivity contribution in [1.29, 1.82) is 0 Å². The number of amides is 1. The lowest BCUT2D eigenvalue weighted by Gasteiger charge is -2.21. The third-order valence-electron chi connectivity index (χ3n) is 3.53. The molecule has 1 aromatic heterocycles. The maximum absolute atomic E-state index is 12.4. The van der Waals surface area contributed by atoms with Gasteiger partial charge in [0, 0.05) is 35.1 Å². The van der Waals surface area contributed by atoms with Crippen LogP contribution < -0.4 is 10.2 Å². The van der Waals surface area contributed by atoms with E-state index in [1.807, 2.05) is 37.3 Å². The highest BCUT2D eigenvalue weighted by molar-refractivity contribution is 9.10. The lowest BCUT2D eigenvalue weighted by atomic mass is 10.2. The molecule has 0 saturated carbocycles. The Morgan fingerprint density at radius 1 is 1.23 bits per heavy atom. The van der Waals surface area contributed by atoms with Gasteiger partial charge in [-0.1, -0.05) is 22.0 Å². The number of rotatable bonds is 5. The quantitative estimate of drug-likeness (QED) is 0.865. The Hall–Kier alpha value is -1.88. The molecule has 1 N–H and O–H groups in total. The summed E-state index contributed by atoms with van der Waals surface area (Å²) < 4.78 is 0.968. The fourth-order valence-corrected chi connectivity index (χ4v) is 2.57. The van der Waals surface area contributed by atoms with Crippen molar-refractivity contribution >= 4 is 33.2 Å². The molecule has 5 heteroatoms. The Morgan fingerprint density at radius 2 is 1.95 bits per heavy atom. The number of benzene rings is 1. The number of hydrogen-bond acceptors (Lipinski definition) is 3. The van der Waals surface area contributed by atoms with E-state index in [0.29, 0.717) is 5.69 Å². The maximum atomic E-state index is 12.4. The zero-order valence-corrected chi connectivity index (χ0v) is 14.6. The Labute approximate surface area is 139 Å². The molecule has 0 aliphatic carbocycles. The van der Waals surface area contributed by atoms with Gasteiger partial charge >= 0.3 is 0 Å². The van der Waals surface area contributed by atoms with Crippen molar-refractivity contribution in [2.24, 2.45) is 0 Å². The molecule has 2 rings (SSSR count). The second-order valence-electron chi connectivity index (χ2n) is 4.99. The zero-order chi connectivity index (χ0) is 16.1. The van der Waals surface area contributed by atoms with E-state index in [1.165, 1.54) is 0 Å². The van der Waals surface area contributed by atoms with Crippen LogP contribution in [-0.2, 0) is 0 Å². The number of nitrogens with zero attached hydrogens (tertiary/aromatic N) is 2. The molecular formula is C17H20BrN3O. The molecular weight excluding hydrogens is 342 g/mol. The van der Waals surface area contributed by atoms with E-state index < -0.39 is 0 Å². The highest BCUT2D eigenvalue weighted by Crippen LogP contribution is 2.21. The minimum absolute atomic E-state index is 0.204. The first-order valence-electron chi connectivity index (χ1n) is 7.33. The first kappa shape index (κ1) is 16.5. The zero-order valence-electron chi connectivity index (χ0n) is 13.1. The minimum atomic E-state index is -0.204. The van der Waals surface area contributed by atoms with Crippen molar-refractivity contribution in [2.75, 3.05) is 23.3 Å². The van der Waals surface area contributed by atoms with Crippen LogP contribution in [-0.4, -0.2) is 24.0 Å². The van der Waals surface area contributed by atoms with Crippen LogP contribution in [0.1, 0.15) is 29.9 Å². The van der Waals surface area contributed by atoms with E-state index in [4.69, 9.17) is 0 Å². The molecule has 1 amide bonds. The van der Waals surface area contributed by atoms with Gasteiger partial charge in [-0.2, -0.15) is 0 Å². The van der Waals surface area contributed by atoms with Gasteiger partial charge in [0.15, 0.2) is 0 Å². The number of pyridine rings is 1. The largest absolute Gasteiger partial charge is 0.372 e. The van der Waals surface area contributed by atoms with Gasteiger partial charge in [-0.15, -0.1) is 0 Å². The topological polar surface area (TPSA) is 45.2 Å². The number of halogens is 1. The molecule has 4 nitrogen and oxygen atoms in total. The van der Waals surface area contributed by atoms with Gasteiger partial charge < -0.3 is 10.2 Å². The second kappa shape index (κ2) is 7.40. The number of carbonyl (C=O) groups is 1. The average molecular weight is 362 g/mol. The van der Waals surface area contributed by atoms with Crippen LogP contribution in [0.3, 0.4) is 0 Å². The van der Waals surface area contributed by atoms with E-state index >= 15 is 0 Å². The Bertz CT molecular complexity index is 669. The molecule has 0 bridgehead atoms. The summed E-state index contributed by atoms with van der Waals surface area (Å²) in [6, 6.07) is 9.48. The van der Waals surface area contributed by atoms with E-state index in [-0.39, 0.29) is 5.91 Å². The van der Waals surface area contributed by atoms with Gasteiger partial charge in [0.1, 0.15) is 5.69 Å². The van der Waals surface area contributed by atoms with Crippen LogP contribution >= 0.6 is 15.9 Å². The van der Waals surface area contributed by atoms with Crippen LogP contribution in [0.25, 0.3) is 0 Å². The van der Waals surface area contributed by atoms with Crippen molar-refractivity contribution in [1.82, 2.24) is 4.98 Å². The third kappa shape index (κ3) is 3.85. The van der Waals surface area contributed by atoms with Crippen molar-refractivity contribution < 1.29 is 4.79 Å². The van der Waals surface area contributed by atoms with Crippen molar-refractivity contribution in [2.45, 2.75) is 20.8 Å². The standard InChI is InChI=1S/C17H20BrN3O/c1-4-21(5-2)14-8-9-19-16(11-14)17(22)20-13-7-6-12(3)15(18)10-13/h6-11H,4-5H2,1-3H3,(H,20,22). The fraction of sp³-hybridized carbons (Fsp3) is 0.294. The highest BCUT2D eigenvalue weighted by Gasteiger charge is 2.11. The third-order valence-corrected chi connectivity index (χ3v) is 4.39. The van der Waals surface area contributed by atoms with E-state index in [1.54, 1.807) is 6.20 Å². The summed E-state index contributed by atoms with van der Waals surface area (Å²) in [5, 5.41) is 2.88. The van der Waals surface area contributed by atoms with Crippen LogP contribution in [0.2, 0.25) is 0 Å². The Morgan fingerprint density at radius 3 is 2.59 bits per heavy atom. The molecule has 1 heterocycles. The number of aromatic nitrogens is 1. The van der Waals surface area contributed by atoms with Crippen LogP contribution in [0, 0.1) is 6.92 Å². The molecule has 0 aliphatic rings. The Kier molecular flexibility index (Phi) is 5.55. The van der Waals surface area contributed by atoms with Crippen LogP contribution in [0.15, 0.2) is 41.0 Å². The van der Waals surface area contributed by atoms with E-state index in [0.717, 1.165) is 34.5 Å². The van der Waals surface area contributed by atoms with Gasteiger partial charge in [0.05, 0.1) is 0 Å². The first-order valence-corrected chi connectivity index (χ1v) is 8.13. The number of aryl methyl sites for hydroxylation is 1. The van der Waals surface area contributed by atoms with Gasteiger partial charge in [0.25, 0.3) is 5.91 Å². The lowest BCUT2D eigenvalue weighted by molar-refractivity contribution is 0.102. The molecule has 0 atom stereocenters. The van der Waals surface area contributed by atoms with Crippen LogP contribution in [0.4, 0.5) is 11.4 Å². The molecule has 0 aliphatic heterocycles. The van der Waals surface area contributed by atoms with Crippen molar-refractivity contribution in [3.8, 4) is 0 Å². The number of nitrogens with one attached hydrogen (secondary N) is 1. The molecule has 0 saturated heterocycles. The molecule has 0 radical (unpaired) electrons. The summed E-state index contributed by atoms with van der Waals surface area (Å²) in [5.74, 6) is -0.204. The van der Waals surface area contributed by atoms with Crippen LogP contribution in [0.5, 0.6) is 0 Å². The number of carbonyl (C=O) groups excluding carboxylic acids is 1. The molecule has 0 fully saturated rings. The van der Waals surface area contributed by atoms with Gasteiger partial charge in [-0.05, 0) is 50.6 Å². The second-order valence-corrected chi connectivity index (χ2v) is 5.84.